The van der Waals surface area contributed by atoms with Crippen molar-refractivity contribution in [2.24, 2.45) is 0 Å². The van der Waals surface area contributed by atoms with Gasteiger partial charge in [-0.15, -0.1) is 11.8 Å². The van der Waals surface area contributed by atoms with Gasteiger partial charge in [0.1, 0.15) is 5.82 Å². The Balaban J connectivity index is 1.82. The molecule has 2 rings (SSSR count). The van der Waals surface area contributed by atoms with E-state index in [9.17, 15) is 9.50 Å². The highest BCUT2D eigenvalue weighted by Crippen LogP contribution is 2.22. The van der Waals surface area contributed by atoms with E-state index in [-0.39, 0.29) is 12.4 Å². The first-order valence-corrected chi connectivity index (χ1v) is 8.02. The summed E-state index contributed by atoms with van der Waals surface area (Å²) in [5.41, 5.74) is 0. The molecule has 1 N–H and O–H groups in total. The van der Waals surface area contributed by atoms with Crippen LogP contribution in [0, 0.1) is 5.82 Å². The van der Waals surface area contributed by atoms with Crippen molar-refractivity contribution >= 4 is 11.8 Å². The average Bonchev–Trinajstić information content (AvgIpc) is 2.66. The fraction of sp³-hybridized carbons (Fsp3) is 0.600. The number of halogens is 1. The highest BCUT2D eigenvalue weighted by Gasteiger charge is 2.19. The SMILES string of the molecule is OCC1CCCCCN1CCSc1ccccc1F. The zero-order valence-corrected chi connectivity index (χ0v) is 12.0. The smallest absolute Gasteiger partial charge is 0.136 e. The number of hydrogen-bond acceptors (Lipinski definition) is 3. The second kappa shape index (κ2) is 7.88. The topological polar surface area (TPSA) is 23.5 Å². The summed E-state index contributed by atoms with van der Waals surface area (Å²) in [6.45, 7) is 2.22. The van der Waals surface area contributed by atoms with E-state index < -0.39 is 0 Å². The summed E-state index contributed by atoms with van der Waals surface area (Å²) in [4.78, 5) is 3.08. The molecule has 0 aliphatic carbocycles. The van der Waals surface area contributed by atoms with Crippen LogP contribution < -0.4 is 0 Å². The van der Waals surface area contributed by atoms with E-state index in [1.54, 1.807) is 17.8 Å². The number of benzene rings is 1. The average molecular weight is 283 g/mol. The minimum absolute atomic E-state index is 0.137. The fourth-order valence-corrected chi connectivity index (χ4v) is 3.50. The third-order valence-electron chi connectivity index (χ3n) is 3.68. The predicted octanol–water partition coefficient (Wildman–Crippen LogP) is 3.15. The lowest BCUT2D eigenvalue weighted by Gasteiger charge is -2.28. The Morgan fingerprint density at radius 2 is 2.11 bits per heavy atom. The zero-order chi connectivity index (χ0) is 13.5. The van der Waals surface area contributed by atoms with E-state index in [1.807, 2.05) is 12.1 Å². The fourth-order valence-electron chi connectivity index (χ4n) is 2.57. The molecule has 4 heteroatoms. The van der Waals surface area contributed by atoms with E-state index in [1.165, 1.54) is 25.3 Å². The van der Waals surface area contributed by atoms with Gasteiger partial charge in [-0.1, -0.05) is 25.0 Å². The minimum atomic E-state index is -0.137. The maximum absolute atomic E-state index is 13.5. The van der Waals surface area contributed by atoms with Gasteiger partial charge in [0.2, 0.25) is 0 Å². The van der Waals surface area contributed by atoms with Gasteiger partial charge in [0.25, 0.3) is 0 Å². The molecule has 1 aromatic rings. The van der Waals surface area contributed by atoms with Gasteiger partial charge in [0.05, 0.1) is 6.61 Å². The Morgan fingerprint density at radius 1 is 1.26 bits per heavy atom. The molecule has 0 bridgehead atoms. The van der Waals surface area contributed by atoms with Gasteiger partial charge in [0, 0.05) is 23.2 Å². The van der Waals surface area contributed by atoms with Crippen LogP contribution in [0.3, 0.4) is 0 Å². The summed E-state index contributed by atoms with van der Waals surface area (Å²) in [5, 5.41) is 9.44. The Kier molecular flexibility index (Phi) is 6.14. The maximum Gasteiger partial charge on any atom is 0.136 e. The van der Waals surface area contributed by atoms with Crippen LogP contribution in [0.25, 0.3) is 0 Å². The van der Waals surface area contributed by atoms with Crippen LogP contribution in [-0.2, 0) is 0 Å². The van der Waals surface area contributed by atoms with Crippen LogP contribution in [0.15, 0.2) is 29.2 Å². The summed E-state index contributed by atoms with van der Waals surface area (Å²) in [5.74, 6) is 0.735. The Bertz CT molecular complexity index is 388. The van der Waals surface area contributed by atoms with Crippen LogP contribution in [0.5, 0.6) is 0 Å². The predicted molar refractivity (Wildman–Crippen MR) is 78.0 cm³/mol. The lowest BCUT2D eigenvalue weighted by molar-refractivity contribution is 0.131. The van der Waals surface area contributed by atoms with E-state index in [2.05, 4.69) is 4.90 Å². The van der Waals surface area contributed by atoms with Crippen LogP contribution in [0.2, 0.25) is 0 Å². The van der Waals surface area contributed by atoms with Crippen molar-refractivity contribution in [1.82, 2.24) is 4.90 Å². The monoisotopic (exact) mass is 283 g/mol. The third-order valence-corrected chi connectivity index (χ3v) is 4.71. The van der Waals surface area contributed by atoms with E-state index in [4.69, 9.17) is 0 Å². The number of hydrogen-bond donors (Lipinski definition) is 1. The van der Waals surface area contributed by atoms with Gasteiger partial charge >= 0.3 is 0 Å². The highest BCUT2D eigenvalue weighted by molar-refractivity contribution is 7.99. The van der Waals surface area contributed by atoms with Crippen molar-refractivity contribution in [2.45, 2.75) is 36.6 Å². The Labute approximate surface area is 119 Å². The Hall–Kier alpha value is -0.580. The molecule has 2 nitrogen and oxygen atoms in total. The largest absolute Gasteiger partial charge is 0.395 e. The van der Waals surface area contributed by atoms with Gasteiger partial charge in [-0.3, -0.25) is 4.90 Å². The standard InChI is InChI=1S/C15H22FNOS/c16-14-7-3-4-8-15(14)19-11-10-17-9-5-1-2-6-13(17)12-18/h3-4,7-8,13,18H,1-2,5-6,9-12H2. The molecular formula is C15H22FNOS. The molecular weight excluding hydrogens is 261 g/mol. The molecule has 0 spiro atoms. The summed E-state index contributed by atoms with van der Waals surface area (Å²) >= 11 is 1.56. The molecule has 1 fully saturated rings. The van der Waals surface area contributed by atoms with Crippen LogP contribution in [0.4, 0.5) is 4.39 Å². The highest BCUT2D eigenvalue weighted by atomic mass is 32.2. The molecule has 0 aromatic heterocycles. The van der Waals surface area contributed by atoms with Gasteiger partial charge in [-0.25, -0.2) is 4.39 Å². The van der Waals surface area contributed by atoms with Crippen molar-refractivity contribution in [3.63, 3.8) is 0 Å². The minimum Gasteiger partial charge on any atom is -0.395 e. The second-order valence-electron chi connectivity index (χ2n) is 5.00. The summed E-state index contributed by atoms with van der Waals surface area (Å²) < 4.78 is 13.5. The molecule has 106 valence electrons. The molecule has 1 unspecified atom stereocenters. The lowest BCUT2D eigenvalue weighted by Crippen LogP contribution is -2.38. The quantitative estimate of drug-likeness (QED) is 0.840. The van der Waals surface area contributed by atoms with Crippen LogP contribution in [-0.4, -0.2) is 41.5 Å². The van der Waals surface area contributed by atoms with Gasteiger partial charge in [0.15, 0.2) is 0 Å². The number of likely N-dealkylation sites (tertiary alicyclic amines) is 1. The normalized spacial score (nSPS) is 21.3. The molecule has 0 radical (unpaired) electrons. The molecule has 1 aliphatic heterocycles. The van der Waals surface area contributed by atoms with E-state index in [0.29, 0.717) is 6.04 Å². The number of rotatable bonds is 5. The molecule has 19 heavy (non-hydrogen) atoms. The van der Waals surface area contributed by atoms with Gasteiger partial charge in [-0.05, 0) is 31.5 Å². The molecule has 1 aliphatic rings. The van der Waals surface area contributed by atoms with E-state index >= 15 is 0 Å². The first-order chi connectivity index (χ1) is 9.31. The molecule has 0 saturated carbocycles. The molecule has 1 heterocycles. The third kappa shape index (κ3) is 4.48. The van der Waals surface area contributed by atoms with Crippen molar-refractivity contribution in [1.29, 1.82) is 0 Å². The van der Waals surface area contributed by atoms with Gasteiger partial charge < -0.3 is 5.11 Å². The summed E-state index contributed by atoms with van der Waals surface area (Å²) in [6.07, 6.45) is 4.76. The molecule has 1 aromatic carbocycles. The first-order valence-electron chi connectivity index (χ1n) is 7.03. The van der Waals surface area contributed by atoms with Gasteiger partial charge in [-0.2, -0.15) is 0 Å². The van der Waals surface area contributed by atoms with Crippen molar-refractivity contribution < 1.29 is 9.50 Å². The number of aliphatic hydroxyl groups is 1. The molecule has 1 atom stereocenters. The number of nitrogens with zero attached hydrogens (tertiary/aromatic N) is 1. The van der Waals surface area contributed by atoms with Crippen LogP contribution in [0.1, 0.15) is 25.7 Å². The maximum atomic E-state index is 13.5. The summed E-state index contributed by atoms with van der Waals surface area (Å²) in [6, 6.07) is 7.21. The molecule has 1 saturated heterocycles. The zero-order valence-electron chi connectivity index (χ0n) is 11.2. The molecule has 0 amide bonds. The second-order valence-corrected chi connectivity index (χ2v) is 6.14. The lowest BCUT2D eigenvalue weighted by atomic mass is 10.1. The summed E-state index contributed by atoms with van der Waals surface area (Å²) in [7, 11) is 0. The van der Waals surface area contributed by atoms with Crippen molar-refractivity contribution in [3.8, 4) is 0 Å². The first kappa shape index (κ1) is 14.8. The number of aliphatic hydroxyl groups excluding tert-OH is 1. The van der Waals surface area contributed by atoms with Crippen molar-refractivity contribution in [3.05, 3.63) is 30.1 Å². The Morgan fingerprint density at radius 3 is 2.89 bits per heavy atom. The number of thioether (sulfide) groups is 1. The van der Waals surface area contributed by atoms with Crippen LogP contribution >= 0.6 is 11.8 Å². The van der Waals surface area contributed by atoms with Crippen molar-refractivity contribution in [2.75, 3.05) is 25.4 Å². The van der Waals surface area contributed by atoms with E-state index in [0.717, 1.165) is 30.2 Å².